The molecule has 4 aromatic rings. The van der Waals surface area contributed by atoms with Crippen LogP contribution in [0.3, 0.4) is 0 Å². The zero-order chi connectivity index (χ0) is 25.8. The Balaban J connectivity index is 1.36. The Morgan fingerprint density at radius 2 is 1.65 bits per heavy atom. The number of benzene rings is 2. The van der Waals surface area contributed by atoms with Crippen molar-refractivity contribution in [2.45, 2.75) is 38.6 Å². The van der Waals surface area contributed by atoms with Crippen LogP contribution in [0.5, 0.6) is 11.5 Å². The van der Waals surface area contributed by atoms with Crippen molar-refractivity contribution in [3.63, 3.8) is 0 Å². The van der Waals surface area contributed by atoms with Crippen LogP contribution >= 0.6 is 0 Å². The predicted molar refractivity (Wildman–Crippen MR) is 142 cm³/mol. The highest BCUT2D eigenvalue weighted by Crippen LogP contribution is 2.40. The zero-order valence-corrected chi connectivity index (χ0v) is 21.4. The first-order valence-electron chi connectivity index (χ1n) is 12.5. The fourth-order valence-electron chi connectivity index (χ4n) is 5.01. The number of aryl methyl sites for hydroxylation is 1. The van der Waals surface area contributed by atoms with Gasteiger partial charge in [0.15, 0.2) is 0 Å². The number of hydrogen-bond acceptors (Lipinski definition) is 6. The molecule has 2 aromatic carbocycles. The van der Waals surface area contributed by atoms with Crippen LogP contribution in [0.4, 0.5) is 4.79 Å². The number of likely N-dealkylation sites (tertiary alicyclic amines) is 1. The summed E-state index contributed by atoms with van der Waals surface area (Å²) >= 11 is 0. The number of pyridine rings is 1. The van der Waals surface area contributed by atoms with Crippen LogP contribution in [-0.4, -0.2) is 57.7 Å². The number of ether oxygens (including phenoxy) is 2. The van der Waals surface area contributed by atoms with Gasteiger partial charge in [-0.3, -0.25) is 4.98 Å². The van der Waals surface area contributed by atoms with E-state index in [4.69, 9.17) is 9.47 Å². The first-order chi connectivity index (χ1) is 18.1. The first kappa shape index (κ1) is 24.5. The number of carbonyl (C=O) groups is 1. The van der Waals surface area contributed by atoms with E-state index in [9.17, 15) is 4.79 Å². The SMILES string of the molecule is COc1cc(C)cc(OC)c1-c1ccc(-c2cn(C(=O)N3CCCCC3Cc3ccncc3)nn2)cc1. The lowest BCUT2D eigenvalue weighted by Gasteiger charge is -2.35. The highest BCUT2D eigenvalue weighted by molar-refractivity contribution is 5.80. The van der Waals surface area contributed by atoms with E-state index in [1.54, 1.807) is 32.8 Å². The molecule has 5 rings (SSSR count). The second-order valence-electron chi connectivity index (χ2n) is 9.36. The average Bonchev–Trinajstić information content (AvgIpc) is 3.43. The predicted octanol–water partition coefficient (Wildman–Crippen LogP) is 5.40. The monoisotopic (exact) mass is 497 g/mol. The first-order valence-corrected chi connectivity index (χ1v) is 12.5. The molecule has 1 fully saturated rings. The molecular weight excluding hydrogens is 466 g/mol. The third-order valence-corrected chi connectivity index (χ3v) is 6.90. The molecule has 1 atom stereocenters. The molecule has 1 aliphatic rings. The van der Waals surface area contributed by atoms with Crippen molar-refractivity contribution in [3.8, 4) is 33.9 Å². The summed E-state index contributed by atoms with van der Waals surface area (Å²) in [5.74, 6) is 1.51. The number of piperidine rings is 1. The molecule has 2 aromatic heterocycles. The molecule has 190 valence electrons. The summed E-state index contributed by atoms with van der Waals surface area (Å²) < 4.78 is 12.6. The van der Waals surface area contributed by atoms with Crippen molar-refractivity contribution >= 4 is 6.03 Å². The molecule has 0 aliphatic carbocycles. The van der Waals surface area contributed by atoms with E-state index in [0.29, 0.717) is 5.69 Å². The van der Waals surface area contributed by atoms with Crippen molar-refractivity contribution in [3.05, 3.63) is 78.2 Å². The van der Waals surface area contributed by atoms with Gasteiger partial charge in [-0.2, -0.15) is 4.68 Å². The Hall–Kier alpha value is -4.20. The molecule has 0 bridgehead atoms. The standard InChI is InChI=1S/C29H31N5O3/c1-20-16-26(36-2)28(27(17-20)37-3)23-9-7-22(8-10-23)25-19-34(32-31-25)29(35)33-15-5-4-6-24(33)18-21-11-13-30-14-12-21/h7-14,16-17,19,24H,4-6,15,18H2,1-3H3. The van der Waals surface area contributed by atoms with E-state index in [1.165, 1.54) is 10.2 Å². The van der Waals surface area contributed by atoms with E-state index in [0.717, 1.165) is 66.0 Å². The summed E-state index contributed by atoms with van der Waals surface area (Å²) in [6, 6.07) is 15.9. The molecule has 0 spiro atoms. The Bertz CT molecular complexity index is 1340. The van der Waals surface area contributed by atoms with Gasteiger partial charge in [0.2, 0.25) is 0 Å². The molecule has 1 aliphatic heterocycles. The molecule has 8 heteroatoms. The summed E-state index contributed by atoms with van der Waals surface area (Å²) in [4.78, 5) is 19.4. The second-order valence-corrected chi connectivity index (χ2v) is 9.36. The van der Waals surface area contributed by atoms with Crippen LogP contribution in [0.2, 0.25) is 0 Å². The number of hydrogen-bond donors (Lipinski definition) is 0. The number of amides is 1. The van der Waals surface area contributed by atoms with Gasteiger partial charge in [-0.1, -0.05) is 29.5 Å². The van der Waals surface area contributed by atoms with Crippen LogP contribution < -0.4 is 9.47 Å². The third kappa shape index (κ3) is 5.18. The summed E-state index contributed by atoms with van der Waals surface area (Å²) in [5.41, 5.74) is 5.62. The van der Waals surface area contributed by atoms with Crippen LogP contribution in [0.25, 0.3) is 22.4 Å². The summed E-state index contributed by atoms with van der Waals surface area (Å²) in [5, 5.41) is 8.48. The largest absolute Gasteiger partial charge is 0.496 e. The van der Waals surface area contributed by atoms with Crippen molar-refractivity contribution in [2.75, 3.05) is 20.8 Å². The van der Waals surface area contributed by atoms with Crippen LogP contribution in [0.1, 0.15) is 30.4 Å². The molecular formula is C29H31N5O3. The van der Waals surface area contributed by atoms with Gasteiger partial charge in [0.1, 0.15) is 17.2 Å². The maximum absolute atomic E-state index is 13.4. The zero-order valence-electron chi connectivity index (χ0n) is 21.4. The van der Waals surface area contributed by atoms with Gasteiger partial charge >= 0.3 is 6.03 Å². The van der Waals surface area contributed by atoms with Gasteiger partial charge in [0.05, 0.1) is 26.0 Å². The molecule has 0 N–H and O–H groups in total. The van der Waals surface area contributed by atoms with Crippen LogP contribution in [0.15, 0.2) is 67.1 Å². The molecule has 0 radical (unpaired) electrons. The van der Waals surface area contributed by atoms with E-state index in [2.05, 4.69) is 15.3 Å². The fraction of sp³-hybridized carbons (Fsp3) is 0.310. The molecule has 1 amide bonds. The highest BCUT2D eigenvalue weighted by atomic mass is 16.5. The molecule has 0 saturated carbocycles. The van der Waals surface area contributed by atoms with E-state index in [-0.39, 0.29) is 12.1 Å². The Morgan fingerprint density at radius 3 is 2.32 bits per heavy atom. The number of carbonyl (C=O) groups excluding carboxylic acids is 1. The molecule has 37 heavy (non-hydrogen) atoms. The van der Waals surface area contributed by atoms with Gasteiger partial charge in [0.25, 0.3) is 0 Å². The highest BCUT2D eigenvalue weighted by Gasteiger charge is 2.28. The van der Waals surface area contributed by atoms with E-state index >= 15 is 0 Å². The molecule has 1 unspecified atom stereocenters. The lowest BCUT2D eigenvalue weighted by Crippen LogP contribution is -2.46. The minimum absolute atomic E-state index is 0.134. The fourth-order valence-corrected chi connectivity index (χ4v) is 5.01. The minimum atomic E-state index is -0.136. The van der Waals surface area contributed by atoms with Crippen molar-refractivity contribution < 1.29 is 14.3 Å². The van der Waals surface area contributed by atoms with E-state index in [1.807, 2.05) is 60.4 Å². The van der Waals surface area contributed by atoms with Crippen molar-refractivity contribution in [2.24, 2.45) is 0 Å². The number of rotatable bonds is 6. The van der Waals surface area contributed by atoms with Gasteiger partial charge in [-0.05, 0) is 73.6 Å². The van der Waals surface area contributed by atoms with E-state index < -0.39 is 0 Å². The maximum Gasteiger partial charge on any atom is 0.346 e. The van der Waals surface area contributed by atoms with Crippen LogP contribution in [-0.2, 0) is 6.42 Å². The summed E-state index contributed by atoms with van der Waals surface area (Å²) in [6.07, 6.45) is 9.20. The summed E-state index contributed by atoms with van der Waals surface area (Å²) in [7, 11) is 3.32. The lowest BCUT2D eigenvalue weighted by atomic mass is 9.96. The summed E-state index contributed by atoms with van der Waals surface area (Å²) in [6.45, 7) is 2.73. The van der Waals surface area contributed by atoms with Crippen molar-refractivity contribution in [1.29, 1.82) is 0 Å². The number of nitrogens with zero attached hydrogens (tertiary/aromatic N) is 5. The van der Waals surface area contributed by atoms with Gasteiger partial charge in [-0.15, -0.1) is 5.10 Å². The van der Waals surface area contributed by atoms with Crippen molar-refractivity contribution in [1.82, 2.24) is 24.9 Å². The average molecular weight is 498 g/mol. The number of aromatic nitrogens is 4. The van der Waals surface area contributed by atoms with Gasteiger partial charge in [0, 0.05) is 30.5 Å². The molecule has 1 saturated heterocycles. The van der Waals surface area contributed by atoms with Gasteiger partial charge < -0.3 is 14.4 Å². The normalized spacial score (nSPS) is 15.4. The quantitative estimate of drug-likeness (QED) is 0.355. The third-order valence-electron chi connectivity index (χ3n) is 6.90. The molecule has 8 nitrogen and oxygen atoms in total. The Morgan fingerprint density at radius 1 is 0.973 bits per heavy atom. The second kappa shape index (κ2) is 10.8. The van der Waals surface area contributed by atoms with Crippen LogP contribution in [0, 0.1) is 6.92 Å². The Labute approximate surface area is 216 Å². The topological polar surface area (TPSA) is 82.4 Å². The van der Waals surface area contributed by atoms with Gasteiger partial charge in [-0.25, -0.2) is 4.79 Å². The minimum Gasteiger partial charge on any atom is -0.496 e. The Kier molecular flexibility index (Phi) is 7.16. The smallest absolute Gasteiger partial charge is 0.346 e. The lowest BCUT2D eigenvalue weighted by molar-refractivity contribution is 0.149. The maximum atomic E-state index is 13.4. The number of methoxy groups -OCH3 is 2. The molecule has 3 heterocycles.